The van der Waals surface area contributed by atoms with Crippen molar-refractivity contribution in [3.8, 4) is 11.5 Å². The molecule has 2 atom stereocenters. The highest BCUT2D eigenvalue weighted by Gasteiger charge is 2.16. The molecule has 5 nitrogen and oxygen atoms in total. The maximum absolute atomic E-state index is 11.4. The standard InChI is InChI=1S/C15H23NO4/c1-10(16-11(2)15(17)20-5)8-12-6-7-13(18-3)14(9-12)19-4/h6-7,9-11,16H,8H2,1-5H3. The average molecular weight is 281 g/mol. The van der Waals surface area contributed by atoms with Gasteiger partial charge in [-0.25, -0.2) is 0 Å². The molecule has 20 heavy (non-hydrogen) atoms. The van der Waals surface area contributed by atoms with E-state index in [-0.39, 0.29) is 18.1 Å². The van der Waals surface area contributed by atoms with Crippen molar-refractivity contribution in [2.24, 2.45) is 0 Å². The van der Waals surface area contributed by atoms with E-state index in [0.29, 0.717) is 11.5 Å². The van der Waals surface area contributed by atoms with Crippen LogP contribution in [0.2, 0.25) is 0 Å². The summed E-state index contributed by atoms with van der Waals surface area (Å²) in [6.07, 6.45) is 0.779. The Morgan fingerprint density at radius 2 is 1.80 bits per heavy atom. The Morgan fingerprint density at radius 1 is 1.15 bits per heavy atom. The van der Waals surface area contributed by atoms with E-state index in [4.69, 9.17) is 14.2 Å². The van der Waals surface area contributed by atoms with Crippen molar-refractivity contribution in [1.82, 2.24) is 5.32 Å². The Morgan fingerprint density at radius 3 is 2.35 bits per heavy atom. The molecule has 1 aromatic carbocycles. The number of esters is 1. The second kappa shape index (κ2) is 7.75. The van der Waals surface area contributed by atoms with Gasteiger partial charge >= 0.3 is 5.97 Å². The summed E-state index contributed by atoms with van der Waals surface area (Å²) in [5.41, 5.74) is 1.11. The van der Waals surface area contributed by atoms with Gasteiger partial charge in [0.1, 0.15) is 6.04 Å². The monoisotopic (exact) mass is 281 g/mol. The summed E-state index contributed by atoms with van der Waals surface area (Å²) in [7, 11) is 4.61. The molecule has 0 bridgehead atoms. The number of rotatable bonds is 7. The van der Waals surface area contributed by atoms with Gasteiger partial charge < -0.3 is 19.5 Å². The zero-order valence-corrected chi connectivity index (χ0v) is 12.7. The largest absolute Gasteiger partial charge is 0.493 e. The number of ether oxygens (including phenoxy) is 3. The Bertz CT molecular complexity index is 447. The molecule has 1 aromatic rings. The lowest BCUT2D eigenvalue weighted by Crippen LogP contribution is -2.41. The summed E-state index contributed by atoms with van der Waals surface area (Å²) in [5.74, 6) is 1.15. The summed E-state index contributed by atoms with van der Waals surface area (Å²) < 4.78 is 15.2. The molecule has 0 heterocycles. The predicted octanol–water partition coefficient (Wildman–Crippen LogP) is 1.79. The van der Waals surface area contributed by atoms with Crippen LogP contribution in [0, 0.1) is 0 Å². The summed E-state index contributed by atoms with van der Waals surface area (Å²) in [4.78, 5) is 11.4. The number of nitrogens with one attached hydrogen (secondary N) is 1. The quantitative estimate of drug-likeness (QED) is 0.772. The number of benzene rings is 1. The highest BCUT2D eigenvalue weighted by Crippen LogP contribution is 2.27. The number of hydrogen-bond acceptors (Lipinski definition) is 5. The highest BCUT2D eigenvalue weighted by molar-refractivity contribution is 5.75. The minimum absolute atomic E-state index is 0.141. The van der Waals surface area contributed by atoms with Gasteiger partial charge in [0.15, 0.2) is 11.5 Å². The summed E-state index contributed by atoms with van der Waals surface area (Å²) in [6.45, 7) is 3.81. The lowest BCUT2D eigenvalue weighted by molar-refractivity contribution is -0.142. The number of hydrogen-bond donors (Lipinski definition) is 1. The van der Waals surface area contributed by atoms with E-state index in [9.17, 15) is 4.79 Å². The molecule has 0 saturated carbocycles. The van der Waals surface area contributed by atoms with Crippen molar-refractivity contribution in [1.29, 1.82) is 0 Å². The first-order chi connectivity index (χ1) is 9.51. The van der Waals surface area contributed by atoms with Gasteiger partial charge in [0.2, 0.25) is 0 Å². The van der Waals surface area contributed by atoms with Crippen molar-refractivity contribution < 1.29 is 19.0 Å². The molecule has 5 heteroatoms. The third-order valence-electron chi connectivity index (χ3n) is 3.08. The van der Waals surface area contributed by atoms with Gasteiger partial charge in [-0.2, -0.15) is 0 Å². The molecule has 0 aliphatic heterocycles. The van der Waals surface area contributed by atoms with Crippen LogP contribution in [0.15, 0.2) is 18.2 Å². The van der Waals surface area contributed by atoms with Crippen LogP contribution in [-0.4, -0.2) is 39.4 Å². The van der Waals surface area contributed by atoms with E-state index >= 15 is 0 Å². The van der Waals surface area contributed by atoms with Crippen LogP contribution < -0.4 is 14.8 Å². The molecular formula is C15H23NO4. The Kier molecular flexibility index (Phi) is 6.31. The zero-order valence-electron chi connectivity index (χ0n) is 12.7. The first-order valence-corrected chi connectivity index (χ1v) is 6.56. The summed E-state index contributed by atoms with van der Waals surface area (Å²) in [6, 6.07) is 5.63. The van der Waals surface area contributed by atoms with Crippen LogP contribution in [0.3, 0.4) is 0 Å². The number of carbonyl (C=O) groups excluding carboxylic acids is 1. The molecule has 2 unspecified atom stereocenters. The first kappa shape index (κ1) is 16.3. The van der Waals surface area contributed by atoms with Crippen LogP contribution in [0.25, 0.3) is 0 Å². The fourth-order valence-electron chi connectivity index (χ4n) is 2.09. The minimum atomic E-state index is -0.324. The average Bonchev–Trinajstić information content (AvgIpc) is 2.45. The van der Waals surface area contributed by atoms with Crippen LogP contribution in [0.1, 0.15) is 19.4 Å². The molecule has 0 spiro atoms. The van der Waals surface area contributed by atoms with Crippen LogP contribution in [-0.2, 0) is 16.0 Å². The van der Waals surface area contributed by atoms with Crippen LogP contribution in [0.5, 0.6) is 11.5 Å². The molecule has 1 rings (SSSR count). The molecule has 0 fully saturated rings. The SMILES string of the molecule is COC(=O)C(C)NC(C)Cc1ccc(OC)c(OC)c1. The van der Waals surface area contributed by atoms with E-state index in [0.717, 1.165) is 12.0 Å². The second-order valence-corrected chi connectivity index (χ2v) is 4.71. The fraction of sp³-hybridized carbons (Fsp3) is 0.533. The molecule has 0 aliphatic rings. The maximum atomic E-state index is 11.4. The van der Waals surface area contributed by atoms with Gasteiger partial charge in [-0.15, -0.1) is 0 Å². The second-order valence-electron chi connectivity index (χ2n) is 4.71. The van der Waals surface area contributed by atoms with Crippen molar-refractivity contribution in [2.45, 2.75) is 32.4 Å². The van der Waals surface area contributed by atoms with E-state index in [1.54, 1.807) is 21.1 Å². The normalized spacial score (nSPS) is 13.4. The summed E-state index contributed by atoms with van der Waals surface area (Å²) in [5, 5.41) is 3.20. The Balaban J connectivity index is 2.66. The predicted molar refractivity (Wildman–Crippen MR) is 77.3 cm³/mol. The molecule has 1 N–H and O–H groups in total. The van der Waals surface area contributed by atoms with E-state index < -0.39 is 0 Å². The van der Waals surface area contributed by atoms with E-state index in [1.807, 2.05) is 25.1 Å². The zero-order chi connectivity index (χ0) is 15.1. The molecule has 0 saturated heterocycles. The molecule has 0 aromatic heterocycles. The Hall–Kier alpha value is -1.75. The van der Waals surface area contributed by atoms with Crippen LogP contribution >= 0.6 is 0 Å². The van der Waals surface area contributed by atoms with Gasteiger partial charge in [-0.1, -0.05) is 6.07 Å². The first-order valence-electron chi connectivity index (χ1n) is 6.56. The fourth-order valence-corrected chi connectivity index (χ4v) is 2.09. The maximum Gasteiger partial charge on any atom is 0.322 e. The lowest BCUT2D eigenvalue weighted by atomic mass is 10.1. The van der Waals surface area contributed by atoms with Gasteiger partial charge in [0, 0.05) is 6.04 Å². The molecule has 0 radical (unpaired) electrons. The highest BCUT2D eigenvalue weighted by atomic mass is 16.5. The number of methoxy groups -OCH3 is 3. The van der Waals surface area contributed by atoms with E-state index in [1.165, 1.54) is 7.11 Å². The van der Waals surface area contributed by atoms with Gasteiger partial charge in [-0.3, -0.25) is 4.79 Å². The van der Waals surface area contributed by atoms with Crippen LogP contribution in [0.4, 0.5) is 0 Å². The van der Waals surface area contributed by atoms with Gasteiger partial charge in [-0.05, 0) is 38.0 Å². The third kappa shape index (κ3) is 4.42. The van der Waals surface area contributed by atoms with E-state index in [2.05, 4.69) is 5.32 Å². The van der Waals surface area contributed by atoms with Crippen molar-refractivity contribution >= 4 is 5.97 Å². The summed E-state index contributed by atoms with van der Waals surface area (Å²) >= 11 is 0. The third-order valence-corrected chi connectivity index (χ3v) is 3.08. The Labute approximate surface area is 120 Å². The molecular weight excluding hydrogens is 258 g/mol. The smallest absolute Gasteiger partial charge is 0.322 e. The minimum Gasteiger partial charge on any atom is -0.493 e. The molecule has 112 valence electrons. The topological polar surface area (TPSA) is 56.8 Å². The van der Waals surface area contributed by atoms with Crippen molar-refractivity contribution in [2.75, 3.05) is 21.3 Å². The van der Waals surface area contributed by atoms with Crippen molar-refractivity contribution in [3.63, 3.8) is 0 Å². The molecule has 0 aliphatic carbocycles. The number of carbonyl (C=O) groups is 1. The van der Waals surface area contributed by atoms with Gasteiger partial charge in [0.25, 0.3) is 0 Å². The van der Waals surface area contributed by atoms with Crippen molar-refractivity contribution in [3.05, 3.63) is 23.8 Å². The van der Waals surface area contributed by atoms with Gasteiger partial charge in [0.05, 0.1) is 21.3 Å². The molecule has 0 amide bonds. The lowest BCUT2D eigenvalue weighted by Gasteiger charge is -2.19.